The molecule has 0 aromatic carbocycles. The second-order valence-electron chi connectivity index (χ2n) is 1.71. The molecule has 0 aromatic heterocycles. The molecule has 0 heterocycles. The predicted octanol–water partition coefficient (Wildman–Crippen LogP) is 1.75. The van der Waals surface area contributed by atoms with Crippen molar-refractivity contribution in [2.75, 3.05) is 0 Å². The van der Waals surface area contributed by atoms with E-state index in [1.807, 2.05) is 0 Å². The lowest BCUT2D eigenvalue weighted by Crippen LogP contribution is -1.97. The molecule has 0 amide bonds. The van der Waals surface area contributed by atoms with Crippen LogP contribution in [-0.2, 0) is 4.79 Å². The van der Waals surface area contributed by atoms with E-state index >= 15 is 0 Å². The van der Waals surface area contributed by atoms with Gasteiger partial charge in [0.05, 0.1) is 5.57 Å². The number of carbonyl (C=O) groups is 1. The first-order chi connectivity index (χ1) is 4.72. The molecule has 1 N–H and O–H groups in total. The molecule has 0 bridgehead atoms. The van der Waals surface area contributed by atoms with E-state index in [2.05, 4.69) is 12.3 Å². The summed E-state index contributed by atoms with van der Waals surface area (Å²) in [5.41, 5.74) is 2.85. The van der Waals surface area contributed by atoms with Crippen molar-refractivity contribution in [2.24, 2.45) is 0 Å². The molecule has 0 atom stereocenters. The molecule has 0 rings (SSSR count). The van der Waals surface area contributed by atoms with Gasteiger partial charge in [0.15, 0.2) is 0 Å². The van der Waals surface area contributed by atoms with E-state index in [1.165, 1.54) is 0 Å². The quantitative estimate of drug-likeness (QED) is 0.366. The molecule has 0 fully saturated rings. The molecule has 54 valence electrons. The normalized spacial score (nSPS) is 7.70. The third-order valence-corrected chi connectivity index (χ3v) is 0.925. The summed E-state index contributed by atoms with van der Waals surface area (Å²) in [6.45, 7) is 5.16. The molecule has 0 aliphatic heterocycles. The van der Waals surface area contributed by atoms with E-state index in [4.69, 9.17) is 5.11 Å². The van der Waals surface area contributed by atoms with Crippen molar-refractivity contribution in [3.63, 3.8) is 0 Å². The lowest BCUT2D eigenvalue weighted by molar-refractivity contribution is -0.132. The lowest BCUT2D eigenvalue weighted by atomic mass is 10.2. The zero-order valence-electron chi connectivity index (χ0n) is 5.92. The first kappa shape index (κ1) is 8.73. The Morgan fingerprint density at radius 1 is 1.80 bits per heavy atom. The summed E-state index contributed by atoms with van der Waals surface area (Å²) in [6.07, 6.45) is 3.48. The summed E-state index contributed by atoms with van der Waals surface area (Å²) in [5.74, 6) is -0.932. The topological polar surface area (TPSA) is 37.3 Å². The summed E-state index contributed by atoms with van der Waals surface area (Å²) in [6, 6.07) is 0. The molecule has 0 aromatic rings. The largest absolute Gasteiger partial charge is 0.477 e. The summed E-state index contributed by atoms with van der Waals surface area (Å²) in [7, 11) is 0. The highest BCUT2D eigenvalue weighted by atomic mass is 16.4. The van der Waals surface area contributed by atoms with Crippen LogP contribution in [0.2, 0.25) is 0 Å². The van der Waals surface area contributed by atoms with Crippen LogP contribution in [0.5, 0.6) is 0 Å². The van der Waals surface area contributed by atoms with Gasteiger partial charge in [0, 0.05) is 6.42 Å². The van der Waals surface area contributed by atoms with Crippen LogP contribution in [0.4, 0.5) is 0 Å². The maximum atomic E-state index is 10.3. The third kappa shape index (κ3) is 2.90. The molecule has 10 heavy (non-hydrogen) atoms. The fraction of sp³-hybridized carbons (Fsp3) is 0.250. The summed E-state index contributed by atoms with van der Waals surface area (Å²) in [5, 5.41) is 8.47. The zero-order valence-corrected chi connectivity index (χ0v) is 5.92. The van der Waals surface area contributed by atoms with Crippen molar-refractivity contribution in [2.45, 2.75) is 13.3 Å². The number of aliphatic carboxylic acids is 1. The highest BCUT2D eigenvalue weighted by molar-refractivity contribution is 5.86. The second-order valence-corrected chi connectivity index (χ2v) is 1.71. The van der Waals surface area contributed by atoms with Gasteiger partial charge in [-0.1, -0.05) is 6.08 Å². The van der Waals surface area contributed by atoms with Crippen molar-refractivity contribution in [1.82, 2.24) is 0 Å². The van der Waals surface area contributed by atoms with Crippen LogP contribution in [0.25, 0.3) is 0 Å². The Morgan fingerprint density at radius 3 is 2.70 bits per heavy atom. The van der Waals surface area contributed by atoms with E-state index in [0.717, 1.165) is 0 Å². The van der Waals surface area contributed by atoms with Crippen LogP contribution in [0, 0.1) is 0 Å². The van der Waals surface area contributed by atoms with Gasteiger partial charge < -0.3 is 5.11 Å². The standard InChI is InChI=1S/C8H10O2/c1-3-5-7(6-4-2)8(9)10/h3-4H,1,5H2,2H3,(H,9,10). The van der Waals surface area contributed by atoms with Gasteiger partial charge in [-0.05, 0) is 13.0 Å². The fourth-order valence-electron chi connectivity index (χ4n) is 0.527. The molecule has 2 nitrogen and oxygen atoms in total. The molecule has 0 unspecified atom stereocenters. The van der Waals surface area contributed by atoms with E-state index in [-0.39, 0.29) is 5.57 Å². The summed E-state index contributed by atoms with van der Waals surface area (Å²) in [4.78, 5) is 10.3. The summed E-state index contributed by atoms with van der Waals surface area (Å²) >= 11 is 0. The van der Waals surface area contributed by atoms with E-state index < -0.39 is 5.97 Å². The molecule has 2 heteroatoms. The van der Waals surface area contributed by atoms with Crippen LogP contribution in [-0.4, -0.2) is 11.1 Å². The van der Waals surface area contributed by atoms with Gasteiger partial charge in [-0.2, -0.15) is 0 Å². The smallest absolute Gasteiger partial charge is 0.339 e. The van der Waals surface area contributed by atoms with Crippen molar-refractivity contribution in [3.8, 4) is 0 Å². The SMILES string of the molecule is C=CCC(=C=CC)C(=O)O. The highest BCUT2D eigenvalue weighted by Crippen LogP contribution is 1.98. The Kier molecular flexibility index (Phi) is 4.01. The van der Waals surface area contributed by atoms with E-state index in [1.54, 1.807) is 19.1 Å². The molecule has 0 saturated carbocycles. The number of hydrogen-bond acceptors (Lipinski definition) is 1. The van der Waals surface area contributed by atoms with Crippen LogP contribution < -0.4 is 0 Å². The Morgan fingerprint density at radius 2 is 2.40 bits per heavy atom. The average Bonchev–Trinajstić information content (AvgIpc) is 1.87. The highest BCUT2D eigenvalue weighted by Gasteiger charge is 2.01. The predicted molar refractivity (Wildman–Crippen MR) is 39.7 cm³/mol. The second kappa shape index (κ2) is 4.59. The fourth-order valence-corrected chi connectivity index (χ4v) is 0.527. The van der Waals surface area contributed by atoms with E-state index in [9.17, 15) is 4.79 Å². The monoisotopic (exact) mass is 138 g/mol. The molecule has 0 radical (unpaired) electrons. The molecule has 0 spiro atoms. The number of carboxylic acids is 1. The number of rotatable bonds is 3. The first-order valence-corrected chi connectivity index (χ1v) is 2.96. The molecular weight excluding hydrogens is 128 g/mol. The van der Waals surface area contributed by atoms with Gasteiger partial charge in [-0.3, -0.25) is 0 Å². The van der Waals surface area contributed by atoms with Gasteiger partial charge in [-0.25, -0.2) is 4.79 Å². The van der Waals surface area contributed by atoms with E-state index in [0.29, 0.717) is 6.42 Å². The maximum Gasteiger partial charge on any atom is 0.339 e. The molecule has 0 aliphatic carbocycles. The maximum absolute atomic E-state index is 10.3. The number of carboxylic acid groups (broad SMARTS) is 1. The van der Waals surface area contributed by atoms with Gasteiger partial charge >= 0.3 is 5.97 Å². The van der Waals surface area contributed by atoms with Crippen LogP contribution in [0.15, 0.2) is 30.0 Å². The lowest BCUT2D eigenvalue weighted by Gasteiger charge is -1.89. The van der Waals surface area contributed by atoms with Crippen molar-refractivity contribution < 1.29 is 9.90 Å². The molecular formula is C8H10O2. The van der Waals surface area contributed by atoms with Crippen molar-refractivity contribution in [3.05, 3.63) is 30.0 Å². The molecule has 0 aliphatic rings. The summed E-state index contributed by atoms with van der Waals surface area (Å²) < 4.78 is 0. The Balaban J connectivity index is 4.42. The molecule has 0 saturated heterocycles. The Bertz CT molecular complexity index is 195. The minimum absolute atomic E-state index is 0.248. The minimum atomic E-state index is -0.932. The van der Waals surface area contributed by atoms with Crippen molar-refractivity contribution in [1.29, 1.82) is 0 Å². The van der Waals surface area contributed by atoms with Crippen LogP contribution in [0.3, 0.4) is 0 Å². The Labute approximate surface area is 60.2 Å². The third-order valence-electron chi connectivity index (χ3n) is 0.925. The number of hydrogen-bond donors (Lipinski definition) is 1. The van der Waals surface area contributed by atoms with Crippen LogP contribution in [0.1, 0.15) is 13.3 Å². The van der Waals surface area contributed by atoms with Gasteiger partial charge in [0.1, 0.15) is 0 Å². The Hall–Kier alpha value is -1.27. The number of allylic oxidation sites excluding steroid dienone is 1. The van der Waals surface area contributed by atoms with Crippen LogP contribution >= 0.6 is 0 Å². The minimum Gasteiger partial charge on any atom is -0.477 e. The van der Waals surface area contributed by atoms with Crippen molar-refractivity contribution >= 4 is 5.97 Å². The van der Waals surface area contributed by atoms with Gasteiger partial charge in [0.25, 0.3) is 0 Å². The zero-order chi connectivity index (χ0) is 7.98. The first-order valence-electron chi connectivity index (χ1n) is 2.96. The van der Waals surface area contributed by atoms with Gasteiger partial charge in [-0.15, -0.1) is 12.3 Å². The van der Waals surface area contributed by atoms with Gasteiger partial charge in [0.2, 0.25) is 0 Å². The average molecular weight is 138 g/mol.